The Morgan fingerprint density at radius 2 is 1.88 bits per heavy atom. The lowest BCUT2D eigenvalue weighted by molar-refractivity contribution is 0.168. The summed E-state index contributed by atoms with van der Waals surface area (Å²) in [5.74, 6) is 0. The molecule has 4 heteroatoms. The molecule has 1 nitrogen and oxygen atoms in total. The minimum absolute atomic E-state index is 0.200. The van der Waals surface area contributed by atoms with E-state index >= 15 is 0 Å². The van der Waals surface area contributed by atoms with E-state index in [1.807, 2.05) is 6.92 Å². The SMILES string of the molecule is CC(C)(C)[Si](C)(C)OC[C@]1(C)C[C@]1(F)CBr. The molecule has 0 aromatic rings. The normalized spacial score (nSPS) is 35.2. The molecule has 0 aromatic carbocycles. The Morgan fingerprint density at radius 1 is 1.38 bits per heavy atom. The summed E-state index contributed by atoms with van der Waals surface area (Å²) in [5, 5.41) is 0.628. The first-order valence-corrected chi connectivity index (χ1v) is 9.89. The Morgan fingerprint density at radius 3 is 2.19 bits per heavy atom. The van der Waals surface area contributed by atoms with Crippen molar-refractivity contribution in [1.29, 1.82) is 0 Å². The second-order valence-electron chi connectivity index (χ2n) is 6.89. The molecule has 0 aromatic heterocycles. The topological polar surface area (TPSA) is 9.23 Å². The van der Waals surface area contributed by atoms with Gasteiger partial charge in [0.05, 0.1) is 0 Å². The van der Waals surface area contributed by atoms with Crippen LogP contribution in [-0.2, 0) is 4.43 Å². The molecule has 16 heavy (non-hydrogen) atoms. The maximum Gasteiger partial charge on any atom is 0.192 e. The van der Waals surface area contributed by atoms with Crippen LogP contribution in [0.15, 0.2) is 0 Å². The molecular weight excluding hydrogens is 287 g/mol. The van der Waals surface area contributed by atoms with Gasteiger partial charge >= 0.3 is 0 Å². The molecular formula is C12H24BrFOSi. The van der Waals surface area contributed by atoms with Gasteiger partial charge in [-0.3, -0.25) is 0 Å². The van der Waals surface area contributed by atoms with Gasteiger partial charge in [0.2, 0.25) is 0 Å². The van der Waals surface area contributed by atoms with Gasteiger partial charge in [-0.25, -0.2) is 4.39 Å². The van der Waals surface area contributed by atoms with Crippen LogP contribution in [-0.4, -0.2) is 25.9 Å². The molecule has 0 saturated heterocycles. The smallest absolute Gasteiger partial charge is 0.192 e. The average Bonchev–Trinajstić information content (AvgIpc) is 2.66. The van der Waals surface area contributed by atoms with Crippen LogP contribution in [0.25, 0.3) is 0 Å². The minimum atomic E-state index is -1.73. The number of rotatable bonds is 4. The number of halogens is 2. The van der Waals surface area contributed by atoms with Crippen LogP contribution >= 0.6 is 15.9 Å². The van der Waals surface area contributed by atoms with Gasteiger partial charge in [0.15, 0.2) is 8.32 Å². The van der Waals surface area contributed by atoms with Gasteiger partial charge in [-0.15, -0.1) is 0 Å². The fourth-order valence-corrected chi connectivity index (χ4v) is 3.51. The lowest BCUT2D eigenvalue weighted by Crippen LogP contribution is -2.42. The molecule has 1 saturated carbocycles. The van der Waals surface area contributed by atoms with E-state index in [2.05, 4.69) is 49.8 Å². The van der Waals surface area contributed by atoms with Crippen LogP contribution in [0.5, 0.6) is 0 Å². The fourth-order valence-electron chi connectivity index (χ4n) is 1.52. The molecule has 96 valence electrons. The third-order valence-electron chi connectivity index (χ3n) is 4.40. The summed E-state index contributed by atoms with van der Waals surface area (Å²) in [6.07, 6.45) is 0.625. The maximum absolute atomic E-state index is 14.0. The van der Waals surface area contributed by atoms with E-state index in [0.29, 0.717) is 18.4 Å². The van der Waals surface area contributed by atoms with Crippen LogP contribution in [0.3, 0.4) is 0 Å². The van der Waals surface area contributed by atoms with Gasteiger partial charge in [0.1, 0.15) is 5.67 Å². The van der Waals surface area contributed by atoms with Crippen molar-refractivity contribution in [3.63, 3.8) is 0 Å². The third-order valence-corrected chi connectivity index (χ3v) is 9.76. The van der Waals surface area contributed by atoms with Crippen molar-refractivity contribution < 1.29 is 8.82 Å². The van der Waals surface area contributed by atoms with Gasteiger partial charge in [-0.05, 0) is 24.6 Å². The van der Waals surface area contributed by atoms with Crippen LogP contribution in [0.1, 0.15) is 34.1 Å². The Kier molecular flexibility index (Phi) is 3.72. The van der Waals surface area contributed by atoms with Crippen LogP contribution in [0.4, 0.5) is 4.39 Å². The summed E-state index contributed by atoms with van der Waals surface area (Å²) in [6.45, 7) is 13.6. The highest BCUT2D eigenvalue weighted by molar-refractivity contribution is 9.09. The lowest BCUT2D eigenvalue weighted by atomic mass is 10.1. The van der Waals surface area contributed by atoms with Crippen molar-refractivity contribution in [2.45, 2.75) is 57.9 Å². The summed E-state index contributed by atoms with van der Waals surface area (Å²) < 4.78 is 20.1. The predicted octanol–water partition coefficient (Wildman–Crippen LogP) is 4.52. The molecule has 0 amide bonds. The standard InChI is InChI=1S/C12H24BrFOSi/c1-10(2,3)16(5,6)15-9-11(4)7-12(11,14)8-13/h7-9H2,1-6H3/t11-,12-/m0/s1. The molecule has 0 heterocycles. The van der Waals surface area contributed by atoms with Gasteiger partial charge < -0.3 is 4.43 Å². The summed E-state index contributed by atoms with van der Waals surface area (Å²) >= 11 is 3.25. The zero-order valence-electron chi connectivity index (χ0n) is 11.3. The molecule has 0 bridgehead atoms. The lowest BCUT2D eigenvalue weighted by Gasteiger charge is -2.37. The first kappa shape index (κ1) is 14.6. The van der Waals surface area contributed by atoms with Crippen molar-refractivity contribution in [2.24, 2.45) is 5.41 Å². The fraction of sp³-hybridized carbons (Fsp3) is 1.00. The Bertz CT molecular complexity index is 277. The summed E-state index contributed by atoms with van der Waals surface area (Å²) in [4.78, 5) is 0. The number of hydrogen-bond acceptors (Lipinski definition) is 1. The second-order valence-corrected chi connectivity index (χ2v) is 12.3. The zero-order valence-corrected chi connectivity index (χ0v) is 13.9. The van der Waals surface area contributed by atoms with E-state index in [-0.39, 0.29) is 10.5 Å². The molecule has 0 aliphatic heterocycles. The van der Waals surface area contributed by atoms with E-state index < -0.39 is 14.0 Å². The Hall–Kier alpha value is 0.587. The quantitative estimate of drug-likeness (QED) is 0.548. The number of hydrogen-bond donors (Lipinski definition) is 0. The minimum Gasteiger partial charge on any atom is -0.416 e. The molecule has 1 aliphatic carbocycles. The van der Waals surface area contributed by atoms with E-state index in [1.54, 1.807) is 0 Å². The molecule has 0 N–H and O–H groups in total. The monoisotopic (exact) mass is 310 g/mol. The van der Waals surface area contributed by atoms with Crippen molar-refractivity contribution in [3.8, 4) is 0 Å². The highest BCUT2D eigenvalue weighted by atomic mass is 79.9. The zero-order chi connectivity index (χ0) is 12.8. The molecule has 0 radical (unpaired) electrons. The molecule has 1 fully saturated rings. The highest BCUT2D eigenvalue weighted by Gasteiger charge is 2.65. The second kappa shape index (κ2) is 4.06. The van der Waals surface area contributed by atoms with Crippen molar-refractivity contribution in [3.05, 3.63) is 0 Å². The van der Waals surface area contributed by atoms with Gasteiger partial charge in [-0.1, -0.05) is 43.6 Å². The Balaban J connectivity index is 2.55. The average molecular weight is 311 g/mol. The summed E-state index contributed by atoms with van der Waals surface area (Å²) in [5.41, 5.74) is -1.32. The van der Waals surface area contributed by atoms with Crippen molar-refractivity contribution in [2.75, 3.05) is 11.9 Å². The van der Waals surface area contributed by atoms with Gasteiger partial charge in [0, 0.05) is 17.4 Å². The van der Waals surface area contributed by atoms with E-state index in [4.69, 9.17) is 4.43 Å². The molecule has 0 unspecified atom stereocenters. The number of alkyl halides is 2. The van der Waals surface area contributed by atoms with Gasteiger partial charge in [-0.2, -0.15) is 0 Å². The van der Waals surface area contributed by atoms with Crippen LogP contribution in [0, 0.1) is 5.41 Å². The van der Waals surface area contributed by atoms with E-state index in [9.17, 15) is 4.39 Å². The maximum atomic E-state index is 14.0. The summed E-state index contributed by atoms with van der Waals surface area (Å²) in [7, 11) is -1.73. The first-order valence-electron chi connectivity index (χ1n) is 5.86. The van der Waals surface area contributed by atoms with E-state index in [0.717, 1.165) is 0 Å². The molecule has 0 spiro atoms. The highest BCUT2D eigenvalue weighted by Crippen LogP contribution is 2.60. The molecule has 2 atom stereocenters. The Labute approximate surface area is 108 Å². The predicted molar refractivity (Wildman–Crippen MR) is 73.5 cm³/mol. The molecule has 1 rings (SSSR count). The summed E-state index contributed by atoms with van der Waals surface area (Å²) in [6, 6.07) is 0. The third kappa shape index (κ3) is 2.54. The largest absolute Gasteiger partial charge is 0.416 e. The van der Waals surface area contributed by atoms with Crippen molar-refractivity contribution >= 4 is 24.2 Å². The molecule has 1 aliphatic rings. The van der Waals surface area contributed by atoms with Crippen molar-refractivity contribution in [1.82, 2.24) is 0 Å². The van der Waals surface area contributed by atoms with E-state index in [1.165, 1.54) is 0 Å². The van der Waals surface area contributed by atoms with Crippen LogP contribution < -0.4 is 0 Å². The van der Waals surface area contributed by atoms with Gasteiger partial charge in [0.25, 0.3) is 0 Å². The van der Waals surface area contributed by atoms with Crippen LogP contribution in [0.2, 0.25) is 18.1 Å². The first-order chi connectivity index (χ1) is 6.97.